The van der Waals surface area contributed by atoms with E-state index in [9.17, 15) is 4.79 Å². The van der Waals surface area contributed by atoms with Gasteiger partial charge < -0.3 is 14.0 Å². The highest BCUT2D eigenvalue weighted by Gasteiger charge is 2.51. The summed E-state index contributed by atoms with van der Waals surface area (Å²) in [4.78, 5) is 13.5. The molecule has 9 heteroatoms. The van der Waals surface area contributed by atoms with Gasteiger partial charge in [0.05, 0.1) is 27.5 Å². The van der Waals surface area contributed by atoms with Crippen molar-refractivity contribution >= 4 is 47.5 Å². The highest BCUT2D eigenvalue weighted by Crippen LogP contribution is 2.38. The van der Waals surface area contributed by atoms with Gasteiger partial charge in [0.2, 0.25) is 0 Å². The number of amides is 1. The minimum atomic E-state index is -0.564. The molecule has 1 atom stereocenters. The normalized spacial score (nSPS) is 17.4. The summed E-state index contributed by atoms with van der Waals surface area (Å²) < 4.78 is 22.3. The Balaban J connectivity index is 1.49. The summed E-state index contributed by atoms with van der Waals surface area (Å²) >= 11 is 7.55. The molecule has 178 valence electrons. The Hall–Kier alpha value is -2.39. The second-order valence-corrected chi connectivity index (χ2v) is 10.6. The molecule has 1 amide bonds. The molecule has 1 aliphatic rings. The number of halogens is 1. The summed E-state index contributed by atoms with van der Waals surface area (Å²) in [5.41, 5.74) is 3.17. The van der Waals surface area contributed by atoms with Crippen molar-refractivity contribution in [3.8, 4) is 10.4 Å². The molecule has 0 bridgehead atoms. The van der Waals surface area contributed by atoms with Crippen molar-refractivity contribution in [2.45, 2.75) is 58.8 Å². The van der Waals surface area contributed by atoms with Crippen molar-refractivity contribution in [2.24, 2.45) is 0 Å². The Kier molecular flexibility index (Phi) is 6.79. The monoisotopic (exact) mass is 498 g/mol. The number of hydrogen-bond acceptors (Lipinski definition) is 6. The lowest BCUT2D eigenvalue weighted by molar-refractivity contribution is 0.00578. The minimum Gasteiger partial charge on any atom is -0.441 e. The van der Waals surface area contributed by atoms with Gasteiger partial charge in [-0.1, -0.05) is 54.1 Å². The third-order valence-corrected chi connectivity index (χ3v) is 7.75. The Morgan fingerprint density at radius 3 is 2.32 bits per heavy atom. The summed E-state index contributed by atoms with van der Waals surface area (Å²) in [6.45, 7) is 11.8. The minimum absolute atomic E-state index is 0.399. The maximum atomic E-state index is 12.7. The molecule has 34 heavy (non-hydrogen) atoms. The summed E-state index contributed by atoms with van der Waals surface area (Å²) in [6, 6.07) is 15.2. The van der Waals surface area contributed by atoms with Crippen LogP contribution in [-0.4, -0.2) is 28.8 Å². The van der Waals surface area contributed by atoms with Gasteiger partial charge in [-0.3, -0.25) is 5.32 Å². The second-order valence-electron chi connectivity index (χ2n) is 9.38. The maximum Gasteiger partial charge on any atom is 0.494 e. The van der Waals surface area contributed by atoms with E-state index in [1.165, 1.54) is 11.5 Å². The van der Waals surface area contributed by atoms with Gasteiger partial charge in [-0.25, -0.2) is 4.79 Å². The van der Waals surface area contributed by atoms with E-state index in [-0.39, 0.29) is 0 Å². The van der Waals surface area contributed by atoms with Crippen molar-refractivity contribution in [3.63, 3.8) is 0 Å². The average molecular weight is 499 g/mol. The van der Waals surface area contributed by atoms with Crippen LogP contribution in [0.4, 0.5) is 10.5 Å². The molecule has 0 aliphatic carbocycles. The molecule has 0 saturated carbocycles. The molecule has 1 saturated heterocycles. The van der Waals surface area contributed by atoms with Crippen LogP contribution < -0.4 is 10.8 Å². The molecule has 0 radical (unpaired) electrons. The van der Waals surface area contributed by atoms with Crippen LogP contribution in [0.25, 0.3) is 10.4 Å². The van der Waals surface area contributed by atoms with Crippen LogP contribution in [0.2, 0.25) is 5.02 Å². The van der Waals surface area contributed by atoms with Gasteiger partial charge in [-0.05, 0) is 70.2 Å². The van der Waals surface area contributed by atoms with Crippen molar-refractivity contribution in [3.05, 3.63) is 64.8 Å². The van der Waals surface area contributed by atoms with Crippen molar-refractivity contribution in [2.75, 3.05) is 5.32 Å². The van der Waals surface area contributed by atoms with Crippen molar-refractivity contribution in [1.29, 1.82) is 0 Å². The molecule has 1 fully saturated rings. The third-order valence-electron chi connectivity index (χ3n) is 6.42. The Morgan fingerprint density at radius 2 is 1.71 bits per heavy atom. The molecular formula is C25H28BClN2O4S. The number of carbonyl (C=O) groups is 1. The first-order valence-electron chi connectivity index (χ1n) is 11.1. The van der Waals surface area contributed by atoms with E-state index in [4.69, 9.17) is 25.6 Å². The number of ether oxygens (including phenoxy) is 1. The SMILES string of the molecule is Cc1nsc(-c2ccc(B3OC(C)(C)C(C)(C)O3)cc2)c1NC(=O)O[C@H](C)c1ccccc1Cl. The first kappa shape index (κ1) is 24.7. The Labute approximate surface area is 209 Å². The van der Waals surface area contributed by atoms with Crippen LogP contribution in [0.3, 0.4) is 0 Å². The molecule has 3 aromatic rings. The van der Waals surface area contributed by atoms with Crippen LogP contribution in [0, 0.1) is 6.92 Å². The van der Waals surface area contributed by atoms with Gasteiger partial charge in [-0.2, -0.15) is 4.37 Å². The molecular weight excluding hydrogens is 471 g/mol. The topological polar surface area (TPSA) is 69.7 Å². The van der Waals surface area contributed by atoms with E-state index in [0.29, 0.717) is 10.7 Å². The van der Waals surface area contributed by atoms with Crippen LogP contribution in [0.1, 0.15) is 52.0 Å². The van der Waals surface area contributed by atoms with Crippen molar-refractivity contribution < 1.29 is 18.8 Å². The molecule has 1 aromatic heterocycles. The zero-order valence-corrected chi connectivity index (χ0v) is 21.7. The molecule has 6 nitrogen and oxygen atoms in total. The molecule has 0 unspecified atom stereocenters. The largest absolute Gasteiger partial charge is 0.494 e. The lowest BCUT2D eigenvalue weighted by Gasteiger charge is -2.32. The molecule has 2 heterocycles. The van der Waals surface area contributed by atoms with Crippen LogP contribution in [0.15, 0.2) is 48.5 Å². The number of carbonyl (C=O) groups excluding carboxylic acids is 1. The second kappa shape index (κ2) is 9.34. The van der Waals surface area contributed by atoms with Crippen molar-refractivity contribution in [1.82, 2.24) is 4.37 Å². The number of nitrogens with zero attached hydrogens (tertiary/aromatic N) is 1. The van der Waals surface area contributed by atoms with Crippen LogP contribution in [-0.2, 0) is 14.0 Å². The predicted molar refractivity (Wildman–Crippen MR) is 138 cm³/mol. The number of hydrogen-bond donors (Lipinski definition) is 1. The fourth-order valence-electron chi connectivity index (χ4n) is 3.65. The zero-order valence-electron chi connectivity index (χ0n) is 20.1. The summed E-state index contributed by atoms with van der Waals surface area (Å²) in [6.07, 6.45) is -1.06. The molecule has 2 aromatic carbocycles. The first-order chi connectivity index (χ1) is 16.0. The van der Waals surface area contributed by atoms with Crippen LogP contribution >= 0.6 is 23.1 Å². The number of nitrogens with one attached hydrogen (secondary N) is 1. The lowest BCUT2D eigenvalue weighted by Crippen LogP contribution is -2.41. The average Bonchev–Trinajstić information content (AvgIpc) is 3.23. The number of benzene rings is 2. The van der Waals surface area contributed by atoms with Gasteiger partial charge in [0.25, 0.3) is 0 Å². The van der Waals surface area contributed by atoms with E-state index >= 15 is 0 Å². The summed E-state index contributed by atoms with van der Waals surface area (Å²) in [5, 5.41) is 3.42. The number of anilines is 1. The van der Waals surface area contributed by atoms with Crippen LogP contribution in [0.5, 0.6) is 0 Å². The lowest BCUT2D eigenvalue weighted by atomic mass is 9.79. The molecule has 0 spiro atoms. The fraction of sp³-hybridized carbons (Fsp3) is 0.360. The van der Waals surface area contributed by atoms with Gasteiger partial charge >= 0.3 is 13.2 Å². The summed E-state index contributed by atoms with van der Waals surface area (Å²) in [5.74, 6) is 0. The standard InChI is InChI=1S/C25H28BClN2O4S/c1-15-21(28-23(30)31-16(2)19-9-7-8-10-20(19)27)22(34-29-15)17-11-13-18(14-12-17)26-32-24(3,4)25(5,6)33-26/h7-14,16H,1-6H3,(H,28,30)/t16-/m1/s1. The van der Waals surface area contributed by atoms with E-state index in [1.54, 1.807) is 13.0 Å². The number of aryl methyl sites for hydroxylation is 1. The highest BCUT2D eigenvalue weighted by molar-refractivity contribution is 7.10. The van der Waals surface area contributed by atoms with E-state index in [1.807, 2.05) is 77.1 Å². The van der Waals surface area contributed by atoms with E-state index in [2.05, 4.69) is 9.69 Å². The number of rotatable bonds is 5. The Bertz CT molecular complexity index is 1180. The third kappa shape index (κ3) is 4.86. The van der Waals surface area contributed by atoms with E-state index < -0.39 is 30.5 Å². The fourth-order valence-corrected chi connectivity index (χ4v) is 4.79. The smallest absolute Gasteiger partial charge is 0.441 e. The molecule has 1 N–H and O–H groups in total. The molecule has 4 rings (SSSR count). The maximum absolute atomic E-state index is 12.7. The highest BCUT2D eigenvalue weighted by atomic mass is 35.5. The summed E-state index contributed by atoms with van der Waals surface area (Å²) in [7, 11) is -0.430. The first-order valence-corrected chi connectivity index (χ1v) is 12.3. The number of aromatic nitrogens is 1. The quantitative estimate of drug-likeness (QED) is 0.413. The van der Waals surface area contributed by atoms with Gasteiger partial charge in [0.15, 0.2) is 0 Å². The van der Waals surface area contributed by atoms with Gasteiger partial charge in [0.1, 0.15) is 6.10 Å². The van der Waals surface area contributed by atoms with E-state index in [0.717, 1.165) is 27.2 Å². The predicted octanol–water partition coefficient (Wildman–Crippen LogP) is 6.38. The van der Waals surface area contributed by atoms with Gasteiger partial charge in [-0.15, -0.1) is 0 Å². The van der Waals surface area contributed by atoms with Gasteiger partial charge in [0, 0.05) is 10.6 Å². The Morgan fingerprint density at radius 1 is 1.09 bits per heavy atom. The molecule has 1 aliphatic heterocycles. The zero-order chi connectivity index (χ0) is 24.7.